The third-order valence-corrected chi connectivity index (χ3v) is 2.68. The van der Waals surface area contributed by atoms with Crippen LogP contribution in [0.25, 0.3) is 0 Å². The fourth-order valence-corrected chi connectivity index (χ4v) is 1.72. The van der Waals surface area contributed by atoms with Gasteiger partial charge in [0.05, 0.1) is 12.8 Å². The van der Waals surface area contributed by atoms with E-state index in [2.05, 4.69) is 9.97 Å². The van der Waals surface area contributed by atoms with E-state index < -0.39 is 11.9 Å². The Bertz CT molecular complexity index is 604. The number of hydrogen-bond acceptors (Lipinski definition) is 5. The van der Waals surface area contributed by atoms with Gasteiger partial charge in [0, 0.05) is 17.3 Å². The molecule has 0 aliphatic rings. The van der Waals surface area contributed by atoms with Gasteiger partial charge in [-0.3, -0.25) is 0 Å². The third kappa shape index (κ3) is 2.63. The van der Waals surface area contributed by atoms with Crippen molar-refractivity contribution in [1.29, 1.82) is 0 Å². The number of nitrogen functional groups attached to an aromatic ring is 1. The Kier molecular flexibility index (Phi) is 3.62. The number of hydrogen-bond donors (Lipinski definition) is 2. The molecule has 0 bridgehead atoms. The Labute approximate surface area is 109 Å². The molecule has 1 atom stereocenters. The molecule has 1 aromatic heterocycles. The van der Waals surface area contributed by atoms with Crippen LogP contribution in [-0.4, -0.2) is 22.2 Å². The zero-order valence-electron chi connectivity index (χ0n) is 10.6. The molecule has 0 saturated heterocycles. The van der Waals surface area contributed by atoms with Crippen molar-refractivity contribution in [2.45, 2.75) is 13.0 Å². The normalized spacial score (nSPS) is 12.2. The number of methoxy groups -OCH3 is 1. The predicted octanol–water partition coefficient (Wildman–Crippen LogP) is 1.60. The number of nitrogens with zero attached hydrogens (tertiary/aromatic N) is 2. The van der Waals surface area contributed by atoms with E-state index in [1.807, 2.05) is 0 Å². The van der Waals surface area contributed by atoms with Crippen molar-refractivity contribution in [3.63, 3.8) is 0 Å². The Morgan fingerprint density at radius 3 is 2.79 bits per heavy atom. The quantitative estimate of drug-likeness (QED) is 0.822. The SMILES string of the molecule is COc1cc(C)nc(C(O)c2cccc(F)c2N)n1. The molecule has 3 N–H and O–H groups in total. The maximum Gasteiger partial charge on any atom is 0.216 e. The standard InChI is InChI=1S/C13H14FN3O2/c1-7-6-10(19-2)17-13(16-7)12(18)8-4-3-5-9(14)11(8)15/h3-6,12,18H,15H2,1-2H3. The smallest absolute Gasteiger partial charge is 0.216 e. The molecule has 100 valence electrons. The number of halogens is 1. The van der Waals surface area contributed by atoms with Crippen molar-refractivity contribution in [3.8, 4) is 5.88 Å². The van der Waals surface area contributed by atoms with Crippen LogP contribution in [0.2, 0.25) is 0 Å². The molecular formula is C13H14FN3O2. The zero-order valence-corrected chi connectivity index (χ0v) is 10.6. The van der Waals surface area contributed by atoms with Crippen LogP contribution in [0.15, 0.2) is 24.3 Å². The average molecular weight is 263 g/mol. The number of aryl methyl sites for hydroxylation is 1. The number of nitrogens with two attached hydrogens (primary N) is 1. The summed E-state index contributed by atoms with van der Waals surface area (Å²) in [6.07, 6.45) is -1.20. The molecule has 2 aromatic rings. The largest absolute Gasteiger partial charge is 0.481 e. The summed E-state index contributed by atoms with van der Waals surface area (Å²) in [5, 5.41) is 10.2. The molecule has 5 nitrogen and oxygen atoms in total. The van der Waals surface area contributed by atoms with Crippen LogP contribution in [0.4, 0.5) is 10.1 Å². The molecule has 1 unspecified atom stereocenters. The lowest BCUT2D eigenvalue weighted by Gasteiger charge is -2.13. The molecule has 6 heteroatoms. The summed E-state index contributed by atoms with van der Waals surface area (Å²) in [4.78, 5) is 8.15. The van der Waals surface area contributed by atoms with Gasteiger partial charge in [-0.2, -0.15) is 4.98 Å². The van der Waals surface area contributed by atoms with Gasteiger partial charge in [0.15, 0.2) is 5.82 Å². The minimum atomic E-state index is -1.20. The molecule has 0 radical (unpaired) electrons. The molecule has 0 fully saturated rings. The highest BCUT2D eigenvalue weighted by Gasteiger charge is 2.19. The average Bonchev–Trinajstić information content (AvgIpc) is 2.40. The molecule has 19 heavy (non-hydrogen) atoms. The topological polar surface area (TPSA) is 81.3 Å². The van der Waals surface area contributed by atoms with Crippen LogP contribution in [0.1, 0.15) is 23.2 Å². The molecule has 2 rings (SSSR count). The second-order valence-corrected chi connectivity index (χ2v) is 4.06. The van der Waals surface area contributed by atoms with Gasteiger partial charge in [-0.15, -0.1) is 0 Å². The van der Waals surface area contributed by atoms with Gasteiger partial charge in [0.1, 0.15) is 11.9 Å². The van der Waals surface area contributed by atoms with Gasteiger partial charge in [-0.25, -0.2) is 9.37 Å². The lowest BCUT2D eigenvalue weighted by atomic mass is 10.1. The van der Waals surface area contributed by atoms with E-state index in [9.17, 15) is 9.50 Å². The number of anilines is 1. The highest BCUT2D eigenvalue weighted by Crippen LogP contribution is 2.27. The molecule has 1 heterocycles. The summed E-state index contributed by atoms with van der Waals surface area (Å²) < 4.78 is 18.4. The van der Waals surface area contributed by atoms with E-state index in [-0.39, 0.29) is 17.1 Å². The van der Waals surface area contributed by atoms with Crippen molar-refractivity contribution in [3.05, 3.63) is 47.2 Å². The first-order chi connectivity index (χ1) is 9.02. The zero-order chi connectivity index (χ0) is 14.0. The number of aliphatic hydroxyl groups excluding tert-OH is 1. The van der Waals surface area contributed by atoms with Crippen molar-refractivity contribution in [2.75, 3.05) is 12.8 Å². The Morgan fingerprint density at radius 2 is 2.11 bits per heavy atom. The molecule has 0 aliphatic carbocycles. The van der Waals surface area contributed by atoms with Gasteiger partial charge in [-0.05, 0) is 13.0 Å². The highest BCUT2D eigenvalue weighted by molar-refractivity contribution is 5.50. The summed E-state index contributed by atoms with van der Waals surface area (Å²) in [5.41, 5.74) is 6.36. The lowest BCUT2D eigenvalue weighted by Crippen LogP contribution is -2.10. The number of ether oxygens (including phenoxy) is 1. The molecule has 0 spiro atoms. The van der Waals surface area contributed by atoms with Crippen LogP contribution < -0.4 is 10.5 Å². The van der Waals surface area contributed by atoms with Crippen LogP contribution in [-0.2, 0) is 0 Å². The van der Waals surface area contributed by atoms with E-state index >= 15 is 0 Å². The molecule has 0 saturated carbocycles. The summed E-state index contributed by atoms with van der Waals surface area (Å²) in [6, 6.07) is 5.85. The van der Waals surface area contributed by atoms with Crippen molar-refractivity contribution >= 4 is 5.69 Å². The van der Waals surface area contributed by atoms with E-state index in [1.54, 1.807) is 13.0 Å². The van der Waals surface area contributed by atoms with Crippen LogP contribution in [0.3, 0.4) is 0 Å². The maximum absolute atomic E-state index is 13.4. The summed E-state index contributed by atoms with van der Waals surface area (Å²) in [6.45, 7) is 1.75. The van der Waals surface area contributed by atoms with E-state index in [1.165, 1.54) is 25.3 Å². The van der Waals surface area contributed by atoms with Gasteiger partial charge in [0.25, 0.3) is 0 Å². The van der Waals surface area contributed by atoms with Crippen molar-refractivity contribution < 1.29 is 14.2 Å². The first-order valence-electron chi connectivity index (χ1n) is 5.64. The highest BCUT2D eigenvalue weighted by atomic mass is 19.1. The summed E-state index contributed by atoms with van der Waals surface area (Å²) in [7, 11) is 1.47. The van der Waals surface area contributed by atoms with Gasteiger partial charge >= 0.3 is 0 Å². The van der Waals surface area contributed by atoms with Gasteiger partial charge < -0.3 is 15.6 Å². The van der Waals surface area contributed by atoms with Crippen LogP contribution in [0.5, 0.6) is 5.88 Å². The van der Waals surface area contributed by atoms with E-state index in [4.69, 9.17) is 10.5 Å². The number of aliphatic hydroxyl groups is 1. The van der Waals surface area contributed by atoms with E-state index in [0.717, 1.165) is 0 Å². The fraction of sp³-hybridized carbons (Fsp3) is 0.231. The minimum Gasteiger partial charge on any atom is -0.481 e. The number of aromatic nitrogens is 2. The van der Waals surface area contributed by atoms with Gasteiger partial charge in [0.2, 0.25) is 5.88 Å². The maximum atomic E-state index is 13.4. The monoisotopic (exact) mass is 263 g/mol. The van der Waals surface area contributed by atoms with Gasteiger partial charge in [-0.1, -0.05) is 12.1 Å². The number of rotatable bonds is 3. The Hall–Kier alpha value is -2.21. The van der Waals surface area contributed by atoms with Crippen molar-refractivity contribution in [1.82, 2.24) is 9.97 Å². The lowest BCUT2D eigenvalue weighted by molar-refractivity contribution is 0.208. The summed E-state index contributed by atoms with van der Waals surface area (Å²) in [5.74, 6) is -0.137. The second-order valence-electron chi connectivity index (χ2n) is 4.06. The Morgan fingerprint density at radius 1 is 1.37 bits per heavy atom. The van der Waals surface area contributed by atoms with Crippen LogP contribution >= 0.6 is 0 Å². The fourth-order valence-electron chi connectivity index (χ4n) is 1.72. The minimum absolute atomic E-state index is 0.112. The first-order valence-corrected chi connectivity index (χ1v) is 5.64. The number of benzene rings is 1. The Balaban J connectivity index is 2.46. The second kappa shape index (κ2) is 5.19. The summed E-state index contributed by atoms with van der Waals surface area (Å²) >= 11 is 0. The first kappa shape index (κ1) is 13.2. The molecule has 1 aromatic carbocycles. The van der Waals surface area contributed by atoms with Crippen molar-refractivity contribution in [2.24, 2.45) is 0 Å². The van der Waals surface area contributed by atoms with E-state index in [0.29, 0.717) is 11.6 Å². The van der Waals surface area contributed by atoms with Crippen LogP contribution in [0, 0.1) is 12.7 Å². The number of para-hydroxylation sites is 1. The molecular weight excluding hydrogens is 249 g/mol. The third-order valence-electron chi connectivity index (χ3n) is 2.68. The molecule has 0 amide bonds. The molecule has 0 aliphatic heterocycles. The predicted molar refractivity (Wildman–Crippen MR) is 68.2 cm³/mol.